The first-order valence-electron chi connectivity index (χ1n) is 8.33. The van der Waals surface area contributed by atoms with E-state index in [2.05, 4.69) is 5.32 Å². The Hall–Kier alpha value is -2.86. The maximum Gasteiger partial charge on any atom is 0.352 e. The summed E-state index contributed by atoms with van der Waals surface area (Å²) in [6, 6.07) is 2.67. The van der Waals surface area contributed by atoms with Crippen LogP contribution in [-0.2, 0) is 35.1 Å². The van der Waals surface area contributed by atoms with Crippen molar-refractivity contribution in [3.63, 3.8) is 0 Å². The van der Waals surface area contributed by atoms with Crippen molar-refractivity contribution in [1.82, 2.24) is 10.2 Å². The van der Waals surface area contributed by atoms with Crippen LogP contribution >= 0.6 is 23.1 Å². The predicted octanol–water partition coefficient (Wildman–Crippen LogP) is 0.0455. The molecule has 12 heteroatoms. The van der Waals surface area contributed by atoms with Crippen LogP contribution in [0.3, 0.4) is 0 Å². The van der Waals surface area contributed by atoms with Gasteiger partial charge in [-0.3, -0.25) is 19.3 Å². The number of thioether (sulfide) groups is 1. The second-order valence-electron chi connectivity index (χ2n) is 6.22. The van der Waals surface area contributed by atoms with Crippen molar-refractivity contribution in [2.75, 3.05) is 5.75 Å². The summed E-state index contributed by atoms with van der Waals surface area (Å²) >= 11 is 2.49. The Bertz CT molecular complexity index is 911. The number of ether oxygens (including phenoxy) is 1. The van der Waals surface area contributed by atoms with Gasteiger partial charge in [0.15, 0.2) is 0 Å². The summed E-state index contributed by atoms with van der Waals surface area (Å²) < 4.78 is 4.75. The molecule has 3 rings (SSSR count). The van der Waals surface area contributed by atoms with Crippen LogP contribution in [0, 0.1) is 0 Å². The number of carboxylic acids is 2. The van der Waals surface area contributed by atoms with Crippen molar-refractivity contribution >= 4 is 52.8 Å². The van der Waals surface area contributed by atoms with Gasteiger partial charge in [-0.2, -0.15) is 0 Å². The Kier molecular flexibility index (Phi) is 5.94. The van der Waals surface area contributed by atoms with E-state index < -0.39 is 47.0 Å². The van der Waals surface area contributed by atoms with Gasteiger partial charge in [0, 0.05) is 23.1 Å². The van der Waals surface area contributed by atoms with E-state index in [0.29, 0.717) is 0 Å². The average molecular weight is 440 g/mol. The van der Waals surface area contributed by atoms with Gasteiger partial charge < -0.3 is 20.3 Å². The van der Waals surface area contributed by atoms with Crippen LogP contribution < -0.4 is 5.32 Å². The molecule has 2 aliphatic rings. The lowest BCUT2D eigenvalue weighted by molar-refractivity contribution is -0.160. The van der Waals surface area contributed by atoms with Gasteiger partial charge in [-0.1, -0.05) is 6.07 Å². The number of β-lactam (4-membered cyclic amide) rings is 1. The van der Waals surface area contributed by atoms with Crippen LogP contribution in [0.5, 0.6) is 0 Å². The minimum absolute atomic E-state index is 0.0857. The molecule has 154 valence electrons. The monoisotopic (exact) mass is 440 g/mol. The van der Waals surface area contributed by atoms with Crippen LogP contribution in [0.1, 0.15) is 11.8 Å². The van der Waals surface area contributed by atoms with E-state index in [9.17, 15) is 34.2 Å². The summed E-state index contributed by atoms with van der Waals surface area (Å²) in [4.78, 5) is 61.0. The molecule has 0 aromatic carbocycles. The molecule has 0 aliphatic carbocycles. The van der Waals surface area contributed by atoms with Crippen LogP contribution in [0.15, 0.2) is 28.8 Å². The number of esters is 1. The van der Waals surface area contributed by atoms with Crippen molar-refractivity contribution in [1.29, 1.82) is 0 Å². The van der Waals surface area contributed by atoms with Gasteiger partial charge in [-0.25, -0.2) is 9.59 Å². The molecule has 1 aromatic heterocycles. The summed E-state index contributed by atoms with van der Waals surface area (Å²) in [5.74, 6) is -5.07. The predicted molar refractivity (Wildman–Crippen MR) is 101 cm³/mol. The lowest BCUT2D eigenvalue weighted by atomic mass is 10.00. The van der Waals surface area contributed by atoms with Gasteiger partial charge in [-0.15, -0.1) is 23.1 Å². The lowest BCUT2D eigenvalue weighted by Crippen LogP contribution is -2.71. The molecule has 0 radical (unpaired) electrons. The minimum Gasteiger partial charge on any atom is -0.478 e. The van der Waals surface area contributed by atoms with Gasteiger partial charge in [0.2, 0.25) is 12.0 Å². The molecule has 0 spiro atoms. The zero-order valence-electron chi connectivity index (χ0n) is 15.0. The number of fused-ring (bicyclic) bond motifs is 1. The molecule has 2 aliphatic heterocycles. The summed E-state index contributed by atoms with van der Waals surface area (Å²) in [5.41, 5.74) is -0.727. The maximum absolute atomic E-state index is 12.6. The number of rotatable bonds is 7. The number of nitrogens with zero attached hydrogens (tertiary/aromatic N) is 1. The molecular weight excluding hydrogens is 424 g/mol. The fourth-order valence-corrected chi connectivity index (χ4v) is 5.15. The molecule has 1 unspecified atom stereocenters. The Balaban J connectivity index is 1.80. The smallest absolute Gasteiger partial charge is 0.352 e. The highest BCUT2D eigenvalue weighted by molar-refractivity contribution is 8.00. The highest BCUT2D eigenvalue weighted by Gasteiger charge is 2.55. The van der Waals surface area contributed by atoms with Gasteiger partial charge in [0.25, 0.3) is 5.91 Å². The molecule has 3 atom stereocenters. The number of nitrogens with one attached hydrogen (secondary N) is 1. The van der Waals surface area contributed by atoms with Gasteiger partial charge in [-0.05, 0) is 11.4 Å². The number of carbonyl (C=O) groups excluding carboxylic acids is 3. The van der Waals surface area contributed by atoms with Crippen molar-refractivity contribution in [3.05, 3.63) is 33.7 Å². The fourth-order valence-electron chi connectivity index (χ4n) is 3.08. The van der Waals surface area contributed by atoms with Crippen molar-refractivity contribution in [2.45, 2.75) is 30.9 Å². The SMILES string of the molecule is CC(=O)OC(C(=O)O)C1=C(C(=O)O)N2C(=O)[C@H](NC(=O)Cc3cccs3)[C@H]2SC1. The van der Waals surface area contributed by atoms with E-state index in [1.165, 1.54) is 11.3 Å². The number of hydrogen-bond donors (Lipinski definition) is 3. The molecule has 3 heterocycles. The van der Waals surface area contributed by atoms with E-state index >= 15 is 0 Å². The first kappa shape index (κ1) is 20.9. The molecule has 2 amide bonds. The normalized spacial score (nSPS) is 21.7. The summed E-state index contributed by atoms with van der Waals surface area (Å²) in [7, 11) is 0. The first-order valence-corrected chi connectivity index (χ1v) is 10.3. The average Bonchev–Trinajstić information content (AvgIpc) is 3.15. The first-order chi connectivity index (χ1) is 13.7. The molecule has 29 heavy (non-hydrogen) atoms. The van der Waals surface area contributed by atoms with E-state index in [1.54, 1.807) is 12.1 Å². The van der Waals surface area contributed by atoms with E-state index in [0.717, 1.165) is 28.5 Å². The number of carbonyl (C=O) groups is 5. The Labute approximate surface area is 172 Å². The lowest BCUT2D eigenvalue weighted by Gasteiger charge is -2.49. The third-order valence-electron chi connectivity index (χ3n) is 4.26. The molecule has 0 saturated carbocycles. The minimum atomic E-state index is -1.81. The Morgan fingerprint density at radius 1 is 1.34 bits per heavy atom. The van der Waals surface area contributed by atoms with Crippen LogP contribution in [0.25, 0.3) is 0 Å². The zero-order chi connectivity index (χ0) is 21.3. The molecule has 1 saturated heterocycles. The molecule has 0 bridgehead atoms. The fraction of sp³-hybridized carbons (Fsp3) is 0.353. The number of hydrogen-bond acceptors (Lipinski definition) is 8. The quantitative estimate of drug-likeness (QED) is 0.394. The molecular formula is C17H16N2O8S2. The number of amides is 2. The molecule has 10 nitrogen and oxygen atoms in total. The van der Waals surface area contributed by atoms with E-state index in [-0.39, 0.29) is 23.7 Å². The zero-order valence-corrected chi connectivity index (χ0v) is 16.6. The Morgan fingerprint density at radius 3 is 2.62 bits per heavy atom. The van der Waals surface area contributed by atoms with Crippen LogP contribution in [-0.4, -0.2) is 68.1 Å². The second-order valence-corrected chi connectivity index (χ2v) is 8.36. The standard InChI is InChI=1S/C17H16N2O8S2/c1-7(20)27-13(17(25)26)9-6-29-15-11(14(22)19(15)12(9)16(23)24)18-10(21)5-8-3-2-4-28-8/h2-4,11,13,15H,5-6H2,1H3,(H,18,21)(H,23,24)(H,25,26)/t11-,13?,15+/m0/s1. The van der Waals surface area contributed by atoms with Crippen LogP contribution in [0.4, 0.5) is 0 Å². The summed E-state index contributed by atoms with van der Waals surface area (Å²) in [5, 5.41) is 22.6. The topological polar surface area (TPSA) is 150 Å². The highest BCUT2D eigenvalue weighted by atomic mass is 32.2. The number of carboxylic acid groups (broad SMARTS) is 2. The largest absolute Gasteiger partial charge is 0.478 e. The van der Waals surface area contributed by atoms with Gasteiger partial charge >= 0.3 is 17.9 Å². The van der Waals surface area contributed by atoms with Gasteiger partial charge in [0.05, 0.1) is 6.42 Å². The number of aliphatic carboxylic acids is 2. The molecule has 1 fully saturated rings. The Morgan fingerprint density at radius 2 is 2.07 bits per heavy atom. The third kappa shape index (κ3) is 4.12. The van der Waals surface area contributed by atoms with E-state index in [4.69, 9.17) is 4.74 Å². The molecule has 3 N–H and O–H groups in total. The third-order valence-corrected chi connectivity index (χ3v) is 6.43. The highest BCUT2D eigenvalue weighted by Crippen LogP contribution is 2.41. The second kappa shape index (κ2) is 8.25. The summed E-state index contributed by atoms with van der Waals surface area (Å²) in [6.45, 7) is 1.00. The van der Waals surface area contributed by atoms with Crippen LogP contribution in [0.2, 0.25) is 0 Å². The van der Waals surface area contributed by atoms with Crippen molar-refractivity contribution < 1.29 is 38.9 Å². The van der Waals surface area contributed by atoms with Gasteiger partial charge in [0.1, 0.15) is 17.1 Å². The maximum atomic E-state index is 12.6. The number of thiophene rings is 1. The molecule has 1 aromatic rings. The van der Waals surface area contributed by atoms with Crippen molar-refractivity contribution in [2.24, 2.45) is 0 Å². The summed E-state index contributed by atoms with van der Waals surface area (Å²) in [6.07, 6.45) is -1.72. The van der Waals surface area contributed by atoms with Crippen molar-refractivity contribution in [3.8, 4) is 0 Å². The van der Waals surface area contributed by atoms with E-state index in [1.807, 2.05) is 5.38 Å².